The van der Waals surface area contributed by atoms with Gasteiger partial charge in [0.1, 0.15) is 17.2 Å². The Hall–Kier alpha value is -2.62. The van der Waals surface area contributed by atoms with Crippen LogP contribution in [0, 0.1) is 5.82 Å². The van der Waals surface area contributed by atoms with Gasteiger partial charge in [0.15, 0.2) is 5.78 Å². The Morgan fingerprint density at radius 1 is 1.24 bits per heavy atom. The zero-order chi connectivity index (χ0) is 15.0. The molecular weight excluding hydrogens is 269 g/mol. The standard InChI is InChI=1S/C17H14FNO2/c1-2-14-16(11-5-3-4-6-15(11)21-14)17(20)10-7-8-12(18)13(19)9-10/h3-9H,2,19H2,1H3. The van der Waals surface area contributed by atoms with Gasteiger partial charge >= 0.3 is 0 Å². The number of hydrogen-bond donors (Lipinski definition) is 1. The number of fused-ring (bicyclic) bond motifs is 1. The second-order valence-corrected chi connectivity index (χ2v) is 4.82. The van der Waals surface area contributed by atoms with E-state index in [9.17, 15) is 9.18 Å². The monoisotopic (exact) mass is 283 g/mol. The van der Waals surface area contributed by atoms with Crippen molar-refractivity contribution in [1.82, 2.24) is 0 Å². The predicted octanol–water partition coefficient (Wildman–Crippen LogP) is 3.95. The second-order valence-electron chi connectivity index (χ2n) is 4.82. The molecule has 0 amide bonds. The number of furan rings is 1. The third-order valence-corrected chi connectivity index (χ3v) is 3.47. The van der Waals surface area contributed by atoms with E-state index < -0.39 is 5.82 Å². The predicted molar refractivity (Wildman–Crippen MR) is 79.8 cm³/mol. The Labute approximate surface area is 121 Å². The quantitative estimate of drug-likeness (QED) is 0.585. The fourth-order valence-corrected chi connectivity index (χ4v) is 2.42. The molecule has 0 aliphatic rings. The lowest BCUT2D eigenvalue weighted by molar-refractivity contribution is 0.103. The number of nitrogen functional groups attached to an aromatic ring is 1. The summed E-state index contributed by atoms with van der Waals surface area (Å²) >= 11 is 0. The summed E-state index contributed by atoms with van der Waals surface area (Å²) in [5.74, 6) is -0.105. The largest absolute Gasteiger partial charge is 0.460 e. The number of rotatable bonds is 3. The SMILES string of the molecule is CCc1oc2ccccc2c1C(=O)c1ccc(F)c(N)c1. The molecule has 0 saturated carbocycles. The van der Waals surface area contributed by atoms with Crippen LogP contribution in [-0.4, -0.2) is 5.78 Å². The summed E-state index contributed by atoms with van der Waals surface area (Å²) in [7, 11) is 0. The Kier molecular flexibility index (Phi) is 3.22. The zero-order valence-corrected chi connectivity index (χ0v) is 11.5. The van der Waals surface area contributed by atoms with Crippen LogP contribution in [0.5, 0.6) is 0 Å². The molecule has 0 aliphatic heterocycles. The molecule has 0 bridgehead atoms. The number of carbonyl (C=O) groups excluding carboxylic acids is 1. The van der Waals surface area contributed by atoms with Gasteiger partial charge in [0, 0.05) is 17.4 Å². The number of anilines is 1. The van der Waals surface area contributed by atoms with Crippen molar-refractivity contribution in [3.05, 3.63) is 65.2 Å². The van der Waals surface area contributed by atoms with Gasteiger partial charge in [-0.2, -0.15) is 0 Å². The molecule has 2 aromatic carbocycles. The number of para-hydroxylation sites is 1. The van der Waals surface area contributed by atoms with Crippen LogP contribution >= 0.6 is 0 Å². The van der Waals surface area contributed by atoms with Gasteiger partial charge in [0.2, 0.25) is 0 Å². The van der Waals surface area contributed by atoms with Crippen LogP contribution in [0.2, 0.25) is 0 Å². The van der Waals surface area contributed by atoms with E-state index in [-0.39, 0.29) is 11.5 Å². The third kappa shape index (κ3) is 2.18. The van der Waals surface area contributed by atoms with Gasteiger partial charge in [-0.25, -0.2) is 4.39 Å². The summed E-state index contributed by atoms with van der Waals surface area (Å²) in [4.78, 5) is 12.7. The Balaban J connectivity index is 2.18. The van der Waals surface area contributed by atoms with Crippen molar-refractivity contribution >= 4 is 22.4 Å². The number of aryl methyl sites for hydroxylation is 1. The van der Waals surface area contributed by atoms with Crippen LogP contribution in [0.25, 0.3) is 11.0 Å². The molecule has 0 radical (unpaired) electrons. The molecule has 3 nitrogen and oxygen atoms in total. The Morgan fingerprint density at radius 2 is 2.00 bits per heavy atom. The van der Waals surface area contributed by atoms with E-state index >= 15 is 0 Å². The van der Waals surface area contributed by atoms with Crippen molar-refractivity contribution in [3.63, 3.8) is 0 Å². The molecule has 0 fully saturated rings. The van der Waals surface area contributed by atoms with Crippen LogP contribution in [0.1, 0.15) is 28.6 Å². The van der Waals surface area contributed by atoms with E-state index in [1.54, 1.807) is 0 Å². The second kappa shape index (κ2) is 5.05. The lowest BCUT2D eigenvalue weighted by atomic mass is 9.99. The Bertz CT molecular complexity index is 836. The maximum absolute atomic E-state index is 13.2. The van der Waals surface area contributed by atoms with Gasteiger partial charge in [0.05, 0.1) is 11.3 Å². The van der Waals surface area contributed by atoms with Crippen LogP contribution in [-0.2, 0) is 6.42 Å². The van der Waals surface area contributed by atoms with Gasteiger partial charge in [-0.1, -0.05) is 25.1 Å². The lowest BCUT2D eigenvalue weighted by Crippen LogP contribution is -2.05. The molecule has 0 spiro atoms. The summed E-state index contributed by atoms with van der Waals surface area (Å²) in [5, 5.41) is 0.766. The first kappa shape index (κ1) is 13.4. The summed E-state index contributed by atoms with van der Waals surface area (Å²) in [6.07, 6.45) is 0.604. The molecular formula is C17H14FNO2. The highest BCUT2D eigenvalue weighted by atomic mass is 19.1. The summed E-state index contributed by atoms with van der Waals surface area (Å²) in [5.41, 5.74) is 7.07. The van der Waals surface area contributed by atoms with Gasteiger partial charge in [-0.05, 0) is 24.3 Å². The molecule has 106 valence electrons. The average Bonchev–Trinajstić information content (AvgIpc) is 2.87. The fraction of sp³-hybridized carbons (Fsp3) is 0.118. The van der Waals surface area contributed by atoms with E-state index in [4.69, 9.17) is 10.2 Å². The smallest absolute Gasteiger partial charge is 0.197 e. The maximum atomic E-state index is 13.2. The number of hydrogen-bond acceptors (Lipinski definition) is 3. The summed E-state index contributed by atoms with van der Waals surface area (Å²) < 4.78 is 19.0. The van der Waals surface area contributed by atoms with E-state index in [0.717, 1.165) is 5.39 Å². The molecule has 3 rings (SSSR count). The van der Waals surface area contributed by atoms with Crippen LogP contribution < -0.4 is 5.73 Å². The normalized spacial score (nSPS) is 11.0. The zero-order valence-electron chi connectivity index (χ0n) is 11.5. The molecule has 3 aromatic rings. The molecule has 1 heterocycles. The number of benzene rings is 2. The molecule has 21 heavy (non-hydrogen) atoms. The van der Waals surface area contributed by atoms with Gasteiger partial charge < -0.3 is 10.2 Å². The minimum absolute atomic E-state index is 0.0355. The van der Waals surface area contributed by atoms with Crippen LogP contribution in [0.3, 0.4) is 0 Å². The molecule has 4 heteroatoms. The molecule has 0 unspecified atom stereocenters. The molecule has 0 saturated heterocycles. The Morgan fingerprint density at radius 3 is 2.71 bits per heavy atom. The maximum Gasteiger partial charge on any atom is 0.197 e. The van der Waals surface area contributed by atoms with Gasteiger partial charge in [-0.15, -0.1) is 0 Å². The molecule has 0 atom stereocenters. The van der Waals surface area contributed by atoms with Crippen molar-refractivity contribution in [3.8, 4) is 0 Å². The van der Waals surface area contributed by atoms with Gasteiger partial charge in [-0.3, -0.25) is 4.79 Å². The molecule has 2 N–H and O–H groups in total. The fourth-order valence-electron chi connectivity index (χ4n) is 2.42. The molecule has 0 aliphatic carbocycles. The van der Waals surface area contributed by atoms with Gasteiger partial charge in [0.25, 0.3) is 0 Å². The minimum Gasteiger partial charge on any atom is -0.460 e. The van der Waals surface area contributed by atoms with Crippen molar-refractivity contribution in [2.24, 2.45) is 0 Å². The van der Waals surface area contributed by atoms with Crippen LogP contribution in [0.4, 0.5) is 10.1 Å². The van der Waals surface area contributed by atoms with E-state index in [0.29, 0.717) is 28.9 Å². The average molecular weight is 283 g/mol. The van der Waals surface area contributed by atoms with Crippen molar-refractivity contribution in [2.75, 3.05) is 5.73 Å². The summed E-state index contributed by atoms with van der Waals surface area (Å²) in [6, 6.07) is 11.4. The highest BCUT2D eigenvalue weighted by Crippen LogP contribution is 2.29. The first-order valence-corrected chi connectivity index (χ1v) is 6.72. The lowest BCUT2D eigenvalue weighted by Gasteiger charge is -2.03. The third-order valence-electron chi connectivity index (χ3n) is 3.47. The van der Waals surface area contributed by atoms with Crippen molar-refractivity contribution < 1.29 is 13.6 Å². The number of carbonyl (C=O) groups is 1. The summed E-state index contributed by atoms with van der Waals surface area (Å²) in [6.45, 7) is 1.92. The highest BCUT2D eigenvalue weighted by Gasteiger charge is 2.21. The topological polar surface area (TPSA) is 56.2 Å². The minimum atomic E-state index is -0.528. The van der Waals surface area contributed by atoms with E-state index in [1.807, 2.05) is 31.2 Å². The van der Waals surface area contributed by atoms with Crippen molar-refractivity contribution in [1.29, 1.82) is 0 Å². The van der Waals surface area contributed by atoms with E-state index in [2.05, 4.69) is 0 Å². The van der Waals surface area contributed by atoms with Crippen molar-refractivity contribution in [2.45, 2.75) is 13.3 Å². The van der Waals surface area contributed by atoms with Crippen LogP contribution in [0.15, 0.2) is 46.9 Å². The number of nitrogens with two attached hydrogens (primary N) is 1. The van der Waals surface area contributed by atoms with E-state index in [1.165, 1.54) is 18.2 Å². The first-order chi connectivity index (χ1) is 10.1. The first-order valence-electron chi connectivity index (χ1n) is 6.72. The highest BCUT2D eigenvalue weighted by molar-refractivity contribution is 6.17. The molecule has 1 aromatic heterocycles. The number of ketones is 1. The number of halogens is 1.